The van der Waals surface area contributed by atoms with Gasteiger partial charge < -0.3 is 4.90 Å². The summed E-state index contributed by atoms with van der Waals surface area (Å²) in [7, 11) is 0. The minimum Gasteiger partial charge on any atom is -0.334 e. The Morgan fingerprint density at radius 1 is 1.24 bits per heavy atom. The molecule has 0 N–H and O–H groups in total. The molecule has 1 heterocycles. The third kappa shape index (κ3) is 3.35. The van der Waals surface area contributed by atoms with Crippen molar-refractivity contribution in [3.8, 4) is 0 Å². The summed E-state index contributed by atoms with van der Waals surface area (Å²) < 4.78 is 0. The number of hydrogen-bond donors (Lipinski definition) is 0. The van der Waals surface area contributed by atoms with Crippen LogP contribution in [0.3, 0.4) is 0 Å². The van der Waals surface area contributed by atoms with Crippen LogP contribution in [-0.4, -0.2) is 34.3 Å². The SMILES string of the molecule is CCC(CC)N(CCCl)C(=O)c1cccc2cccnc12. The van der Waals surface area contributed by atoms with Crippen molar-refractivity contribution < 1.29 is 4.79 Å². The lowest BCUT2D eigenvalue weighted by molar-refractivity contribution is 0.0683. The highest BCUT2D eigenvalue weighted by atomic mass is 35.5. The van der Waals surface area contributed by atoms with E-state index < -0.39 is 0 Å². The van der Waals surface area contributed by atoms with Gasteiger partial charge in [-0.3, -0.25) is 9.78 Å². The zero-order chi connectivity index (χ0) is 15.2. The number of fused-ring (bicyclic) bond motifs is 1. The van der Waals surface area contributed by atoms with E-state index in [4.69, 9.17) is 11.6 Å². The largest absolute Gasteiger partial charge is 0.334 e. The molecule has 0 aliphatic heterocycles. The second-order valence-electron chi connectivity index (χ2n) is 5.04. The highest BCUT2D eigenvalue weighted by Gasteiger charge is 2.23. The Morgan fingerprint density at radius 2 is 1.95 bits per heavy atom. The van der Waals surface area contributed by atoms with Crippen LogP contribution in [0.4, 0.5) is 0 Å². The van der Waals surface area contributed by atoms with Gasteiger partial charge >= 0.3 is 0 Å². The van der Waals surface area contributed by atoms with Gasteiger partial charge in [0.2, 0.25) is 0 Å². The summed E-state index contributed by atoms with van der Waals surface area (Å²) in [6.45, 7) is 4.77. The van der Waals surface area contributed by atoms with E-state index in [1.807, 2.05) is 35.2 Å². The Kier molecular flexibility index (Phi) is 5.57. The molecule has 0 saturated heterocycles. The van der Waals surface area contributed by atoms with Gasteiger partial charge in [0.25, 0.3) is 5.91 Å². The Balaban J connectivity index is 2.43. The minimum atomic E-state index is 0.0219. The molecule has 0 fully saturated rings. The highest BCUT2D eigenvalue weighted by Crippen LogP contribution is 2.20. The maximum Gasteiger partial charge on any atom is 0.256 e. The van der Waals surface area contributed by atoms with E-state index in [0.717, 1.165) is 23.7 Å². The van der Waals surface area contributed by atoms with Crippen LogP contribution in [-0.2, 0) is 0 Å². The first-order chi connectivity index (χ1) is 10.2. The van der Waals surface area contributed by atoms with E-state index in [1.54, 1.807) is 6.20 Å². The van der Waals surface area contributed by atoms with Crippen molar-refractivity contribution in [2.45, 2.75) is 32.7 Å². The molecule has 21 heavy (non-hydrogen) atoms. The maximum atomic E-state index is 12.9. The van der Waals surface area contributed by atoms with Crippen molar-refractivity contribution in [2.24, 2.45) is 0 Å². The van der Waals surface area contributed by atoms with Crippen LogP contribution in [0.2, 0.25) is 0 Å². The molecule has 2 rings (SSSR count). The van der Waals surface area contributed by atoms with Crippen molar-refractivity contribution in [1.82, 2.24) is 9.88 Å². The van der Waals surface area contributed by atoms with E-state index in [2.05, 4.69) is 18.8 Å². The lowest BCUT2D eigenvalue weighted by atomic mass is 10.1. The number of hydrogen-bond acceptors (Lipinski definition) is 2. The molecule has 3 nitrogen and oxygen atoms in total. The first-order valence-electron chi connectivity index (χ1n) is 7.43. The van der Waals surface area contributed by atoms with E-state index in [-0.39, 0.29) is 11.9 Å². The topological polar surface area (TPSA) is 33.2 Å². The van der Waals surface area contributed by atoms with Gasteiger partial charge in [0, 0.05) is 30.0 Å². The summed E-state index contributed by atoms with van der Waals surface area (Å²) in [5.74, 6) is 0.467. The summed E-state index contributed by atoms with van der Waals surface area (Å²) in [5.41, 5.74) is 1.42. The fourth-order valence-electron chi connectivity index (χ4n) is 2.70. The number of amides is 1. The predicted octanol–water partition coefficient (Wildman–Crippen LogP) is 4.10. The van der Waals surface area contributed by atoms with E-state index in [9.17, 15) is 4.79 Å². The molecule has 112 valence electrons. The molecule has 0 saturated carbocycles. The second kappa shape index (κ2) is 7.41. The fourth-order valence-corrected chi connectivity index (χ4v) is 2.88. The van der Waals surface area contributed by atoms with Crippen LogP contribution in [0.5, 0.6) is 0 Å². The standard InChI is InChI=1S/C17H21ClN2O/c1-3-14(4-2)20(12-10-18)17(21)15-9-5-7-13-8-6-11-19-16(13)15/h5-9,11,14H,3-4,10,12H2,1-2H3. The van der Waals surface area contributed by atoms with Crippen molar-refractivity contribution in [1.29, 1.82) is 0 Å². The number of rotatable bonds is 6. The fraction of sp³-hybridized carbons (Fsp3) is 0.412. The number of carbonyl (C=O) groups excluding carboxylic acids is 1. The molecular weight excluding hydrogens is 284 g/mol. The third-order valence-corrected chi connectivity index (χ3v) is 4.00. The summed E-state index contributed by atoms with van der Waals surface area (Å²) >= 11 is 5.89. The number of alkyl halides is 1. The van der Waals surface area contributed by atoms with E-state index in [1.165, 1.54) is 0 Å². The van der Waals surface area contributed by atoms with Crippen molar-refractivity contribution >= 4 is 28.4 Å². The Morgan fingerprint density at radius 3 is 2.62 bits per heavy atom. The average molecular weight is 305 g/mol. The number of halogens is 1. The zero-order valence-corrected chi connectivity index (χ0v) is 13.3. The molecule has 0 aliphatic carbocycles. The lowest BCUT2D eigenvalue weighted by Gasteiger charge is -2.30. The zero-order valence-electron chi connectivity index (χ0n) is 12.6. The Hall–Kier alpha value is -1.61. The molecule has 0 aliphatic rings. The number of nitrogens with zero attached hydrogens (tertiary/aromatic N) is 2. The van der Waals surface area contributed by atoms with E-state index in [0.29, 0.717) is 18.0 Å². The molecule has 0 radical (unpaired) electrons. The molecule has 0 atom stereocenters. The normalized spacial score (nSPS) is 11.0. The predicted molar refractivity (Wildman–Crippen MR) is 87.9 cm³/mol. The van der Waals surface area contributed by atoms with E-state index >= 15 is 0 Å². The Bertz CT molecular complexity index is 605. The summed E-state index contributed by atoms with van der Waals surface area (Å²) in [6, 6.07) is 9.80. The van der Waals surface area contributed by atoms with Gasteiger partial charge in [0.1, 0.15) is 0 Å². The van der Waals surface area contributed by atoms with Gasteiger partial charge in [-0.25, -0.2) is 0 Å². The van der Waals surface area contributed by atoms with Gasteiger partial charge in [-0.15, -0.1) is 11.6 Å². The number of para-hydroxylation sites is 1. The lowest BCUT2D eigenvalue weighted by Crippen LogP contribution is -2.41. The quantitative estimate of drug-likeness (QED) is 0.753. The smallest absolute Gasteiger partial charge is 0.256 e. The second-order valence-corrected chi connectivity index (χ2v) is 5.42. The summed E-state index contributed by atoms with van der Waals surface area (Å²) in [5, 5.41) is 0.985. The van der Waals surface area contributed by atoms with Crippen LogP contribution in [0.15, 0.2) is 36.5 Å². The van der Waals surface area contributed by atoms with Crippen LogP contribution in [0.1, 0.15) is 37.0 Å². The van der Waals surface area contributed by atoms with Gasteiger partial charge in [-0.2, -0.15) is 0 Å². The molecule has 1 aromatic heterocycles. The van der Waals surface area contributed by atoms with Gasteiger partial charge in [-0.05, 0) is 25.0 Å². The Labute approximate surface area is 130 Å². The number of aromatic nitrogens is 1. The van der Waals surface area contributed by atoms with Crippen molar-refractivity contribution in [3.63, 3.8) is 0 Å². The summed E-state index contributed by atoms with van der Waals surface area (Å²) in [6.07, 6.45) is 3.58. The number of carbonyl (C=O) groups is 1. The monoisotopic (exact) mass is 304 g/mol. The van der Waals surface area contributed by atoms with Gasteiger partial charge in [0.05, 0.1) is 11.1 Å². The van der Waals surface area contributed by atoms with Crippen LogP contribution in [0.25, 0.3) is 10.9 Å². The van der Waals surface area contributed by atoms with Crippen molar-refractivity contribution in [3.05, 3.63) is 42.1 Å². The molecular formula is C17H21ClN2O. The van der Waals surface area contributed by atoms with Crippen LogP contribution >= 0.6 is 11.6 Å². The van der Waals surface area contributed by atoms with Crippen molar-refractivity contribution in [2.75, 3.05) is 12.4 Å². The van der Waals surface area contributed by atoms with Crippen LogP contribution in [0, 0.1) is 0 Å². The molecule has 2 aromatic rings. The molecule has 0 unspecified atom stereocenters. The molecule has 4 heteroatoms. The minimum absolute atomic E-state index is 0.0219. The number of pyridine rings is 1. The highest BCUT2D eigenvalue weighted by molar-refractivity contribution is 6.18. The number of benzene rings is 1. The van der Waals surface area contributed by atoms with Crippen LogP contribution < -0.4 is 0 Å². The molecule has 1 amide bonds. The third-order valence-electron chi connectivity index (χ3n) is 3.83. The maximum absolute atomic E-state index is 12.9. The molecule has 1 aromatic carbocycles. The average Bonchev–Trinajstić information content (AvgIpc) is 2.54. The molecule has 0 spiro atoms. The first-order valence-corrected chi connectivity index (χ1v) is 7.97. The first kappa shape index (κ1) is 15.8. The summed E-state index contributed by atoms with van der Waals surface area (Å²) in [4.78, 5) is 19.2. The van der Waals surface area contributed by atoms with Gasteiger partial charge in [-0.1, -0.05) is 32.0 Å². The van der Waals surface area contributed by atoms with Gasteiger partial charge in [0.15, 0.2) is 0 Å². The molecule has 0 bridgehead atoms.